The van der Waals surface area contributed by atoms with Crippen molar-refractivity contribution in [3.8, 4) is 11.3 Å². The maximum absolute atomic E-state index is 10.7. The summed E-state index contributed by atoms with van der Waals surface area (Å²) in [6.07, 6.45) is -0.951. The van der Waals surface area contributed by atoms with Gasteiger partial charge in [-0.25, -0.2) is 0 Å². The summed E-state index contributed by atoms with van der Waals surface area (Å²) in [7, 11) is 0. The number of aliphatic hydroxyl groups is 1. The first kappa shape index (κ1) is 13.8. The lowest BCUT2D eigenvalue weighted by Crippen LogP contribution is -2.09. The van der Waals surface area contributed by atoms with Crippen LogP contribution in [0.3, 0.4) is 0 Å². The normalized spacial score (nSPS) is 12.2. The maximum Gasteiger partial charge on any atom is 0.302 e. The third-order valence-corrected chi connectivity index (χ3v) is 3.06. The van der Waals surface area contributed by atoms with Gasteiger partial charge in [-0.2, -0.15) is 0 Å². The summed E-state index contributed by atoms with van der Waals surface area (Å²) in [5.41, 5.74) is 0.911. The Labute approximate surface area is 119 Å². The van der Waals surface area contributed by atoms with E-state index in [4.69, 9.17) is 9.15 Å². The van der Waals surface area contributed by atoms with Crippen LogP contribution in [0.1, 0.15) is 18.8 Å². The molecule has 0 aliphatic rings. The number of furan rings is 1. The zero-order chi connectivity index (χ0) is 13.8. The molecule has 0 spiro atoms. The highest BCUT2D eigenvalue weighted by atomic mass is 79.9. The van der Waals surface area contributed by atoms with Crippen LogP contribution >= 0.6 is 15.9 Å². The summed E-state index contributed by atoms with van der Waals surface area (Å²) in [6, 6.07) is 11.1. The van der Waals surface area contributed by atoms with Gasteiger partial charge in [0.25, 0.3) is 0 Å². The van der Waals surface area contributed by atoms with E-state index in [-0.39, 0.29) is 6.61 Å². The fraction of sp³-hybridized carbons (Fsp3) is 0.214. The van der Waals surface area contributed by atoms with Gasteiger partial charge in [-0.05, 0) is 24.3 Å². The lowest BCUT2D eigenvalue weighted by molar-refractivity contribution is -0.144. The Morgan fingerprint density at radius 3 is 2.63 bits per heavy atom. The van der Waals surface area contributed by atoms with Crippen molar-refractivity contribution in [3.63, 3.8) is 0 Å². The Kier molecular flexibility index (Phi) is 4.39. The molecule has 1 aromatic carbocycles. The zero-order valence-corrected chi connectivity index (χ0v) is 11.9. The van der Waals surface area contributed by atoms with Crippen LogP contribution in [0.2, 0.25) is 0 Å². The second-order valence-corrected chi connectivity index (χ2v) is 4.94. The zero-order valence-electron chi connectivity index (χ0n) is 10.3. The minimum Gasteiger partial charge on any atom is -0.463 e. The average Bonchev–Trinajstić information content (AvgIpc) is 2.86. The van der Waals surface area contributed by atoms with E-state index in [9.17, 15) is 9.90 Å². The SMILES string of the molecule is CC(=O)OC[C@H](O)c1ccc(-c2ccc(Br)cc2)o1. The highest BCUT2D eigenvalue weighted by Gasteiger charge is 2.14. The minimum atomic E-state index is -0.951. The molecule has 1 atom stereocenters. The second-order valence-electron chi connectivity index (χ2n) is 4.03. The van der Waals surface area contributed by atoms with E-state index < -0.39 is 12.1 Å². The van der Waals surface area contributed by atoms with E-state index in [1.54, 1.807) is 12.1 Å². The van der Waals surface area contributed by atoms with E-state index >= 15 is 0 Å². The van der Waals surface area contributed by atoms with Crippen molar-refractivity contribution in [2.75, 3.05) is 6.61 Å². The highest BCUT2D eigenvalue weighted by molar-refractivity contribution is 9.10. The van der Waals surface area contributed by atoms with Gasteiger partial charge in [-0.1, -0.05) is 28.1 Å². The third kappa shape index (κ3) is 3.68. The summed E-state index contributed by atoms with van der Waals surface area (Å²) in [6.45, 7) is 1.19. The summed E-state index contributed by atoms with van der Waals surface area (Å²) in [5.74, 6) is 0.599. The van der Waals surface area contributed by atoms with Crippen LogP contribution in [0, 0.1) is 0 Å². The first-order valence-electron chi connectivity index (χ1n) is 5.73. The van der Waals surface area contributed by atoms with Gasteiger partial charge < -0.3 is 14.3 Å². The Hall–Kier alpha value is -1.59. The van der Waals surface area contributed by atoms with Gasteiger partial charge in [0.05, 0.1) is 0 Å². The molecule has 5 heteroatoms. The van der Waals surface area contributed by atoms with Crippen molar-refractivity contribution < 1.29 is 19.1 Å². The number of rotatable bonds is 4. The number of aliphatic hydroxyl groups excluding tert-OH is 1. The topological polar surface area (TPSA) is 59.7 Å². The van der Waals surface area contributed by atoms with Crippen LogP contribution in [-0.2, 0) is 9.53 Å². The van der Waals surface area contributed by atoms with Gasteiger partial charge >= 0.3 is 5.97 Å². The summed E-state index contributed by atoms with van der Waals surface area (Å²) < 4.78 is 11.3. The Morgan fingerprint density at radius 2 is 2.00 bits per heavy atom. The smallest absolute Gasteiger partial charge is 0.302 e. The van der Waals surface area contributed by atoms with Crippen molar-refractivity contribution in [1.29, 1.82) is 0 Å². The van der Waals surface area contributed by atoms with E-state index in [2.05, 4.69) is 15.9 Å². The number of hydrogen-bond donors (Lipinski definition) is 1. The molecule has 0 saturated heterocycles. The Morgan fingerprint density at radius 1 is 1.32 bits per heavy atom. The largest absolute Gasteiger partial charge is 0.463 e. The van der Waals surface area contributed by atoms with Crippen LogP contribution in [0.5, 0.6) is 0 Å². The predicted molar refractivity (Wildman–Crippen MR) is 73.4 cm³/mol. The molecule has 4 nitrogen and oxygen atoms in total. The molecule has 19 heavy (non-hydrogen) atoms. The minimum absolute atomic E-state index is 0.109. The lowest BCUT2D eigenvalue weighted by Gasteiger charge is -2.07. The van der Waals surface area contributed by atoms with Crippen molar-refractivity contribution in [1.82, 2.24) is 0 Å². The molecular formula is C14H13BrO4. The monoisotopic (exact) mass is 324 g/mol. The predicted octanol–water partition coefficient (Wildman–Crippen LogP) is 3.31. The summed E-state index contributed by atoms with van der Waals surface area (Å²) >= 11 is 3.36. The van der Waals surface area contributed by atoms with Gasteiger partial charge in [-0.3, -0.25) is 4.79 Å². The number of carbonyl (C=O) groups excluding carboxylic acids is 1. The molecule has 0 radical (unpaired) electrons. The van der Waals surface area contributed by atoms with E-state index in [0.717, 1.165) is 10.0 Å². The van der Waals surface area contributed by atoms with Crippen molar-refractivity contribution >= 4 is 21.9 Å². The van der Waals surface area contributed by atoms with Crippen LogP contribution < -0.4 is 0 Å². The van der Waals surface area contributed by atoms with E-state index in [1.165, 1.54) is 6.92 Å². The third-order valence-electron chi connectivity index (χ3n) is 2.53. The fourth-order valence-corrected chi connectivity index (χ4v) is 1.84. The van der Waals surface area contributed by atoms with Crippen molar-refractivity contribution in [2.24, 2.45) is 0 Å². The average molecular weight is 325 g/mol. The number of benzene rings is 1. The van der Waals surface area contributed by atoms with Crippen LogP contribution in [-0.4, -0.2) is 17.7 Å². The maximum atomic E-state index is 10.7. The van der Waals surface area contributed by atoms with E-state index in [1.807, 2.05) is 24.3 Å². The van der Waals surface area contributed by atoms with Crippen molar-refractivity contribution in [3.05, 3.63) is 46.6 Å². The molecule has 2 rings (SSSR count). The van der Waals surface area contributed by atoms with Gasteiger partial charge in [0.2, 0.25) is 0 Å². The first-order valence-corrected chi connectivity index (χ1v) is 6.52. The number of halogens is 1. The van der Waals surface area contributed by atoms with Gasteiger partial charge in [0.1, 0.15) is 24.2 Å². The van der Waals surface area contributed by atoms with Crippen molar-refractivity contribution in [2.45, 2.75) is 13.0 Å². The van der Waals surface area contributed by atoms with Crippen LogP contribution in [0.4, 0.5) is 0 Å². The molecule has 0 bridgehead atoms. The lowest BCUT2D eigenvalue weighted by atomic mass is 10.2. The molecule has 0 saturated carbocycles. The van der Waals surface area contributed by atoms with Crippen LogP contribution in [0.15, 0.2) is 45.3 Å². The summed E-state index contributed by atoms with van der Waals surface area (Å²) in [5, 5.41) is 9.80. The number of carbonyl (C=O) groups is 1. The Balaban J connectivity index is 2.10. The van der Waals surface area contributed by atoms with Gasteiger partial charge in [0.15, 0.2) is 0 Å². The second kappa shape index (κ2) is 6.04. The molecule has 2 aromatic rings. The number of esters is 1. The Bertz CT molecular complexity index is 559. The summed E-state index contributed by atoms with van der Waals surface area (Å²) in [4.78, 5) is 10.7. The molecule has 0 amide bonds. The van der Waals surface area contributed by atoms with Gasteiger partial charge in [0, 0.05) is 17.0 Å². The number of ether oxygens (including phenoxy) is 1. The molecule has 1 N–H and O–H groups in total. The molecule has 0 unspecified atom stereocenters. The molecule has 1 heterocycles. The molecule has 0 fully saturated rings. The van der Waals surface area contributed by atoms with Crippen LogP contribution in [0.25, 0.3) is 11.3 Å². The molecular weight excluding hydrogens is 312 g/mol. The molecule has 1 aromatic heterocycles. The quantitative estimate of drug-likeness (QED) is 0.876. The fourth-order valence-electron chi connectivity index (χ4n) is 1.58. The number of hydrogen-bond acceptors (Lipinski definition) is 4. The first-order chi connectivity index (χ1) is 9.06. The van der Waals surface area contributed by atoms with E-state index in [0.29, 0.717) is 11.5 Å². The highest BCUT2D eigenvalue weighted by Crippen LogP contribution is 2.26. The molecule has 0 aliphatic heterocycles. The van der Waals surface area contributed by atoms with Gasteiger partial charge in [-0.15, -0.1) is 0 Å². The molecule has 100 valence electrons. The standard InChI is InChI=1S/C14H13BrO4/c1-9(16)18-8-12(17)14-7-6-13(19-14)10-2-4-11(15)5-3-10/h2-7,12,17H,8H2,1H3/t12-/m0/s1. The molecule has 0 aliphatic carbocycles.